The van der Waals surface area contributed by atoms with Gasteiger partial charge in [-0.1, -0.05) is 12.1 Å². The molecule has 1 aliphatic carbocycles. The van der Waals surface area contributed by atoms with Crippen molar-refractivity contribution in [1.29, 1.82) is 0 Å². The van der Waals surface area contributed by atoms with Gasteiger partial charge in [-0.3, -0.25) is 0 Å². The van der Waals surface area contributed by atoms with Crippen LogP contribution in [0, 0.1) is 5.41 Å². The Hall–Kier alpha value is -1.06. The lowest BCUT2D eigenvalue weighted by atomic mass is 10.0. The predicted molar refractivity (Wildman–Crippen MR) is 77.5 cm³/mol. The maximum absolute atomic E-state index is 6.05. The summed E-state index contributed by atoms with van der Waals surface area (Å²) in [5.41, 5.74) is 2.64. The largest absolute Gasteiger partial charge is 0.385 e. The molecule has 1 fully saturated rings. The molecule has 0 N–H and O–H groups in total. The fourth-order valence-corrected chi connectivity index (χ4v) is 2.93. The first-order valence-electron chi connectivity index (χ1n) is 6.77. The number of hydrogen-bond donors (Lipinski definition) is 0. The molecule has 1 aliphatic rings. The van der Waals surface area contributed by atoms with E-state index in [4.69, 9.17) is 16.3 Å². The second kappa shape index (κ2) is 5.14. The van der Waals surface area contributed by atoms with Crippen molar-refractivity contribution in [2.45, 2.75) is 31.7 Å². The van der Waals surface area contributed by atoms with Gasteiger partial charge in [0.05, 0.1) is 16.9 Å². The van der Waals surface area contributed by atoms with E-state index in [9.17, 15) is 0 Å². The zero-order valence-electron chi connectivity index (χ0n) is 11.2. The Morgan fingerprint density at radius 1 is 1.37 bits per heavy atom. The summed E-state index contributed by atoms with van der Waals surface area (Å²) in [6.45, 7) is 1.85. The van der Waals surface area contributed by atoms with Gasteiger partial charge in [-0.05, 0) is 36.8 Å². The van der Waals surface area contributed by atoms with Gasteiger partial charge >= 0.3 is 0 Å². The molecule has 0 radical (unpaired) electrons. The quantitative estimate of drug-likeness (QED) is 0.755. The van der Waals surface area contributed by atoms with Gasteiger partial charge < -0.3 is 9.30 Å². The standard InChI is InChI=1S/C15H19ClN2O/c1-19-9-8-15(6-7-15)11-18-13-5-3-2-4-12(13)17-14(18)10-16/h2-5H,6-11H2,1H3. The molecule has 3 nitrogen and oxygen atoms in total. The monoisotopic (exact) mass is 278 g/mol. The van der Waals surface area contributed by atoms with Crippen LogP contribution >= 0.6 is 11.6 Å². The van der Waals surface area contributed by atoms with E-state index in [0.29, 0.717) is 11.3 Å². The fourth-order valence-electron chi connectivity index (χ4n) is 2.72. The first-order valence-corrected chi connectivity index (χ1v) is 7.30. The molecule has 19 heavy (non-hydrogen) atoms. The highest BCUT2D eigenvalue weighted by molar-refractivity contribution is 6.16. The number of rotatable bonds is 6. The smallest absolute Gasteiger partial charge is 0.124 e. The topological polar surface area (TPSA) is 27.1 Å². The average molecular weight is 279 g/mol. The molecule has 0 bridgehead atoms. The molecule has 4 heteroatoms. The van der Waals surface area contributed by atoms with Crippen molar-refractivity contribution in [1.82, 2.24) is 9.55 Å². The van der Waals surface area contributed by atoms with E-state index in [2.05, 4.69) is 27.8 Å². The van der Waals surface area contributed by atoms with Crippen LogP contribution in [0.15, 0.2) is 24.3 Å². The van der Waals surface area contributed by atoms with Crippen LogP contribution in [0.5, 0.6) is 0 Å². The van der Waals surface area contributed by atoms with Crippen molar-refractivity contribution in [2.24, 2.45) is 5.41 Å². The highest BCUT2D eigenvalue weighted by atomic mass is 35.5. The highest BCUT2D eigenvalue weighted by Gasteiger charge is 2.42. The number of imidazole rings is 1. The Balaban J connectivity index is 1.91. The van der Waals surface area contributed by atoms with E-state index in [1.165, 1.54) is 18.4 Å². The summed E-state index contributed by atoms with van der Waals surface area (Å²) in [6, 6.07) is 8.27. The normalized spacial score (nSPS) is 16.9. The third-order valence-electron chi connectivity index (χ3n) is 4.14. The fraction of sp³-hybridized carbons (Fsp3) is 0.533. The Morgan fingerprint density at radius 2 is 2.16 bits per heavy atom. The summed E-state index contributed by atoms with van der Waals surface area (Å²) >= 11 is 6.05. The molecule has 0 atom stereocenters. The van der Waals surface area contributed by atoms with Crippen LogP contribution in [0.25, 0.3) is 11.0 Å². The Kier molecular flexibility index (Phi) is 3.50. The van der Waals surface area contributed by atoms with Crippen LogP contribution in [0.2, 0.25) is 0 Å². The summed E-state index contributed by atoms with van der Waals surface area (Å²) in [7, 11) is 1.77. The maximum Gasteiger partial charge on any atom is 0.124 e. The van der Waals surface area contributed by atoms with Gasteiger partial charge in [0.1, 0.15) is 5.82 Å². The molecule has 0 unspecified atom stereocenters. The lowest BCUT2D eigenvalue weighted by Gasteiger charge is -2.17. The minimum absolute atomic E-state index is 0.403. The molecule has 0 amide bonds. The van der Waals surface area contributed by atoms with Crippen LogP contribution in [0.1, 0.15) is 25.1 Å². The number of fused-ring (bicyclic) bond motifs is 1. The van der Waals surface area contributed by atoms with Crippen LogP contribution in [0.3, 0.4) is 0 Å². The zero-order valence-corrected chi connectivity index (χ0v) is 12.0. The molecule has 3 rings (SSSR count). The van der Waals surface area contributed by atoms with Gasteiger partial charge in [0, 0.05) is 20.3 Å². The molecule has 1 saturated carbocycles. The molecule has 0 saturated heterocycles. The van der Waals surface area contributed by atoms with E-state index in [-0.39, 0.29) is 0 Å². The molecular weight excluding hydrogens is 260 g/mol. The molecule has 0 aliphatic heterocycles. The summed E-state index contributed by atoms with van der Waals surface area (Å²) < 4.78 is 7.53. The second-order valence-corrected chi connectivity index (χ2v) is 5.75. The van der Waals surface area contributed by atoms with Crippen LogP contribution in [-0.4, -0.2) is 23.3 Å². The zero-order chi connectivity index (χ0) is 13.3. The minimum atomic E-state index is 0.403. The number of halogens is 1. The third-order valence-corrected chi connectivity index (χ3v) is 4.38. The molecule has 102 valence electrons. The third kappa shape index (κ3) is 2.49. The van der Waals surface area contributed by atoms with Crippen LogP contribution < -0.4 is 0 Å². The lowest BCUT2D eigenvalue weighted by Crippen LogP contribution is -2.15. The summed E-state index contributed by atoms with van der Waals surface area (Å²) in [6.07, 6.45) is 3.69. The van der Waals surface area contributed by atoms with Gasteiger partial charge in [0.25, 0.3) is 0 Å². The van der Waals surface area contributed by atoms with Crippen molar-refractivity contribution < 1.29 is 4.74 Å². The van der Waals surface area contributed by atoms with Crippen molar-refractivity contribution >= 4 is 22.6 Å². The first kappa shape index (κ1) is 12.9. The summed E-state index contributed by atoms with van der Waals surface area (Å²) in [4.78, 5) is 4.62. The lowest BCUT2D eigenvalue weighted by molar-refractivity contribution is 0.167. The number of alkyl halides is 1. The minimum Gasteiger partial charge on any atom is -0.385 e. The Labute approximate surface area is 118 Å². The average Bonchev–Trinajstić information content (AvgIpc) is 3.12. The molecule has 2 aromatic rings. The molecule has 1 aromatic heterocycles. The van der Waals surface area contributed by atoms with Crippen LogP contribution in [-0.2, 0) is 17.2 Å². The van der Waals surface area contributed by atoms with E-state index in [1.807, 2.05) is 6.07 Å². The van der Waals surface area contributed by atoms with Crippen LogP contribution in [0.4, 0.5) is 0 Å². The van der Waals surface area contributed by atoms with Gasteiger partial charge in [-0.25, -0.2) is 4.98 Å². The Morgan fingerprint density at radius 3 is 2.84 bits per heavy atom. The molecular formula is C15H19ClN2O. The second-order valence-electron chi connectivity index (χ2n) is 5.48. The van der Waals surface area contributed by atoms with E-state index in [0.717, 1.165) is 30.9 Å². The maximum atomic E-state index is 6.05. The molecule has 1 aromatic carbocycles. The SMILES string of the molecule is COCCC1(Cn2c(CCl)nc3ccccc32)CC1. The number of methoxy groups -OCH3 is 1. The van der Waals surface area contributed by atoms with E-state index in [1.54, 1.807) is 7.11 Å². The van der Waals surface area contributed by atoms with Crippen molar-refractivity contribution in [3.05, 3.63) is 30.1 Å². The van der Waals surface area contributed by atoms with Crippen molar-refractivity contribution in [3.8, 4) is 0 Å². The summed E-state index contributed by atoms with van der Waals surface area (Å²) in [5.74, 6) is 1.45. The number of hydrogen-bond acceptors (Lipinski definition) is 2. The van der Waals surface area contributed by atoms with Gasteiger partial charge in [0.15, 0.2) is 0 Å². The van der Waals surface area contributed by atoms with E-state index < -0.39 is 0 Å². The number of benzene rings is 1. The van der Waals surface area contributed by atoms with E-state index >= 15 is 0 Å². The number of para-hydroxylation sites is 2. The van der Waals surface area contributed by atoms with Gasteiger partial charge in [-0.2, -0.15) is 0 Å². The molecule has 1 heterocycles. The molecule has 0 spiro atoms. The predicted octanol–water partition coefficient (Wildman–Crippen LogP) is 3.59. The number of ether oxygens (including phenoxy) is 1. The Bertz CT molecular complexity index is 575. The highest BCUT2D eigenvalue weighted by Crippen LogP contribution is 2.50. The van der Waals surface area contributed by atoms with Crippen molar-refractivity contribution in [2.75, 3.05) is 13.7 Å². The van der Waals surface area contributed by atoms with Crippen molar-refractivity contribution in [3.63, 3.8) is 0 Å². The van der Waals surface area contributed by atoms with Gasteiger partial charge in [-0.15, -0.1) is 11.6 Å². The number of nitrogens with zero attached hydrogens (tertiary/aromatic N) is 2. The number of aromatic nitrogens is 2. The first-order chi connectivity index (χ1) is 9.28. The summed E-state index contributed by atoms with van der Waals surface area (Å²) in [5, 5.41) is 0. The van der Waals surface area contributed by atoms with Gasteiger partial charge in [0.2, 0.25) is 0 Å².